The Morgan fingerprint density at radius 3 is 2.05 bits per heavy atom. The van der Waals surface area contributed by atoms with Gasteiger partial charge in [0, 0.05) is 19.9 Å². The highest BCUT2D eigenvalue weighted by molar-refractivity contribution is 5.89. The summed E-state index contributed by atoms with van der Waals surface area (Å²) < 4.78 is 9.86. The second-order valence-corrected chi connectivity index (χ2v) is 4.01. The van der Waals surface area contributed by atoms with Gasteiger partial charge in [0.05, 0.1) is 0 Å². The molecule has 1 N–H and O–H groups in total. The molecule has 0 aromatic heterocycles. The van der Waals surface area contributed by atoms with Crippen LogP contribution >= 0.6 is 0 Å². The smallest absolute Gasteiger partial charge is 0.328 e. The maximum Gasteiger partial charge on any atom is 0.328 e. The molecule has 6 nitrogen and oxygen atoms in total. The van der Waals surface area contributed by atoms with Crippen LogP contribution < -0.4 is 9.47 Å². The second-order valence-electron chi connectivity index (χ2n) is 4.01. The fourth-order valence-corrected chi connectivity index (χ4v) is 1.50. The summed E-state index contributed by atoms with van der Waals surface area (Å²) in [7, 11) is 0. The monoisotopic (exact) mass is 278 g/mol. The van der Waals surface area contributed by atoms with Crippen molar-refractivity contribution < 1.29 is 29.0 Å². The highest BCUT2D eigenvalue weighted by Crippen LogP contribution is 2.31. The predicted octanol–water partition coefficient (Wildman–Crippen LogP) is 2.03. The van der Waals surface area contributed by atoms with E-state index in [0.717, 1.165) is 6.08 Å². The second kappa shape index (κ2) is 6.51. The Morgan fingerprint density at radius 1 is 1.00 bits per heavy atom. The summed E-state index contributed by atoms with van der Waals surface area (Å²) in [6.45, 7) is 4.04. The lowest BCUT2D eigenvalue weighted by Gasteiger charge is -2.10. The molecule has 0 aliphatic rings. The Balaban J connectivity index is 3.22. The molecule has 0 spiro atoms. The van der Waals surface area contributed by atoms with Crippen LogP contribution in [0.3, 0.4) is 0 Å². The molecule has 0 saturated heterocycles. The first-order valence-corrected chi connectivity index (χ1v) is 5.72. The van der Waals surface area contributed by atoms with E-state index in [2.05, 4.69) is 0 Å². The van der Waals surface area contributed by atoms with E-state index in [1.165, 1.54) is 26.0 Å². The lowest BCUT2D eigenvalue weighted by atomic mass is 10.1. The van der Waals surface area contributed by atoms with Gasteiger partial charge in [0.15, 0.2) is 11.5 Å². The molecule has 0 amide bonds. The molecule has 0 radical (unpaired) electrons. The van der Waals surface area contributed by atoms with Gasteiger partial charge in [-0.2, -0.15) is 0 Å². The van der Waals surface area contributed by atoms with Crippen molar-refractivity contribution in [2.45, 2.75) is 20.8 Å². The predicted molar refractivity (Wildman–Crippen MR) is 70.3 cm³/mol. The van der Waals surface area contributed by atoms with E-state index in [1.807, 2.05) is 0 Å². The summed E-state index contributed by atoms with van der Waals surface area (Å²) in [4.78, 5) is 32.6. The van der Waals surface area contributed by atoms with Gasteiger partial charge in [0.2, 0.25) is 0 Å². The summed E-state index contributed by atoms with van der Waals surface area (Å²) in [6.07, 6.45) is 1.03. The minimum atomic E-state index is -1.08. The normalized spacial score (nSPS) is 10.8. The Kier molecular flexibility index (Phi) is 5.02. The van der Waals surface area contributed by atoms with E-state index in [9.17, 15) is 14.4 Å². The zero-order valence-corrected chi connectivity index (χ0v) is 11.3. The molecule has 0 atom stereocenters. The molecular formula is C14H14O6. The standard InChI is InChI=1S/C14H14O6/c1-8(6-14(17)18)11-4-5-12(19-9(2)15)13(7-11)20-10(3)16/h4-7H,1-3H3,(H,17,18)/b8-6+. The molecule has 20 heavy (non-hydrogen) atoms. The third-order valence-corrected chi connectivity index (χ3v) is 2.25. The average molecular weight is 278 g/mol. The molecule has 0 unspecified atom stereocenters. The van der Waals surface area contributed by atoms with Gasteiger partial charge in [-0.05, 0) is 30.2 Å². The number of hydrogen-bond acceptors (Lipinski definition) is 5. The first-order chi connectivity index (χ1) is 9.29. The van der Waals surface area contributed by atoms with Crippen molar-refractivity contribution in [1.29, 1.82) is 0 Å². The average Bonchev–Trinajstić information content (AvgIpc) is 2.29. The Labute approximate surface area is 115 Å². The molecule has 0 saturated carbocycles. The van der Waals surface area contributed by atoms with Crippen molar-refractivity contribution in [1.82, 2.24) is 0 Å². The Morgan fingerprint density at radius 2 is 1.55 bits per heavy atom. The highest BCUT2D eigenvalue weighted by Gasteiger charge is 2.12. The van der Waals surface area contributed by atoms with E-state index >= 15 is 0 Å². The number of carboxylic acid groups (broad SMARTS) is 1. The third kappa shape index (κ3) is 4.56. The molecule has 1 aromatic rings. The number of hydrogen-bond donors (Lipinski definition) is 1. The molecule has 1 aromatic carbocycles. The molecule has 0 bridgehead atoms. The number of carbonyl (C=O) groups excluding carboxylic acids is 2. The SMILES string of the molecule is CC(=O)Oc1ccc(/C(C)=C/C(=O)O)cc1OC(C)=O. The van der Waals surface area contributed by atoms with Crippen LogP contribution in [0.25, 0.3) is 5.57 Å². The zero-order chi connectivity index (χ0) is 15.3. The van der Waals surface area contributed by atoms with E-state index in [4.69, 9.17) is 14.6 Å². The molecule has 0 fully saturated rings. The molecule has 106 valence electrons. The minimum Gasteiger partial charge on any atom is -0.478 e. The van der Waals surface area contributed by atoms with Crippen LogP contribution in [0.15, 0.2) is 24.3 Å². The first kappa shape index (κ1) is 15.4. The van der Waals surface area contributed by atoms with Crippen LogP contribution in [0.5, 0.6) is 11.5 Å². The molecule has 1 rings (SSSR count). The van der Waals surface area contributed by atoms with Gasteiger partial charge in [-0.25, -0.2) is 4.79 Å². The maximum atomic E-state index is 11.0. The zero-order valence-electron chi connectivity index (χ0n) is 11.3. The van der Waals surface area contributed by atoms with Crippen LogP contribution in [0.4, 0.5) is 0 Å². The molecule has 6 heteroatoms. The van der Waals surface area contributed by atoms with Crippen LogP contribution in [-0.2, 0) is 14.4 Å². The van der Waals surface area contributed by atoms with Crippen molar-refractivity contribution >= 4 is 23.5 Å². The van der Waals surface area contributed by atoms with Crippen molar-refractivity contribution in [2.75, 3.05) is 0 Å². The van der Waals surface area contributed by atoms with Crippen LogP contribution in [0.2, 0.25) is 0 Å². The molecular weight excluding hydrogens is 264 g/mol. The number of esters is 2. The van der Waals surface area contributed by atoms with Gasteiger partial charge < -0.3 is 14.6 Å². The maximum absolute atomic E-state index is 11.0. The van der Waals surface area contributed by atoms with Gasteiger partial charge >= 0.3 is 17.9 Å². The van der Waals surface area contributed by atoms with Crippen LogP contribution in [-0.4, -0.2) is 23.0 Å². The van der Waals surface area contributed by atoms with Gasteiger partial charge in [0.25, 0.3) is 0 Å². The van der Waals surface area contributed by atoms with Gasteiger partial charge in [-0.3, -0.25) is 9.59 Å². The summed E-state index contributed by atoms with van der Waals surface area (Å²) >= 11 is 0. The van der Waals surface area contributed by atoms with Crippen molar-refractivity contribution in [3.63, 3.8) is 0 Å². The number of rotatable bonds is 4. The molecule has 0 aliphatic carbocycles. The summed E-state index contributed by atoms with van der Waals surface area (Å²) in [6, 6.07) is 4.45. The Hall–Kier alpha value is -2.63. The number of carbonyl (C=O) groups is 3. The van der Waals surface area contributed by atoms with Crippen LogP contribution in [0.1, 0.15) is 26.3 Å². The highest BCUT2D eigenvalue weighted by atomic mass is 16.6. The summed E-state index contributed by atoms with van der Waals surface area (Å²) in [5, 5.41) is 8.70. The number of aliphatic carboxylic acids is 1. The van der Waals surface area contributed by atoms with E-state index in [0.29, 0.717) is 11.1 Å². The van der Waals surface area contributed by atoms with Crippen molar-refractivity contribution in [2.24, 2.45) is 0 Å². The molecule has 0 heterocycles. The van der Waals surface area contributed by atoms with Gasteiger partial charge in [-0.15, -0.1) is 0 Å². The lowest BCUT2D eigenvalue weighted by Crippen LogP contribution is -2.07. The van der Waals surface area contributed by atoms with E-state index in [1.54, 1.807) is 13.0 Å². The lowest BCUT2D eigenvalue weighted by molar-refractivity contribution is -0.134. The topological polar surface area (TPSA) is 89.9 Å². The van der Waals surface area contributed by atoms with Gasteiger partial charge in [-0.1, -0.05) is 6.07 Å². The largest absolute Gasteiger partial charge is 0.478 e. The van der Waals surface area contributed by atoms with Crippen molar-refractivity contribution in [3.05, 3.63) is 29.8 Å². The summed E-state index contributed by atoms with van der Waals surface area (Å²) in [5.41, 5.74) is 1.01. The number of ether oxygens (including phenoxy) is 2. The number of benzene rings is 1. The number of allylic oxidation sites excluding steroid dienone is 1. The Bertz CT molecular complexity index is 585. The number of carboxylic acids is 1. The fraction of sp³-hybridized carbons (Fsp3) is 0.214. The third-order valence-electron chi connectivity index (χ3n) is 2.25. The van der Waals surface area contributed by atoms with Gasteiger partial charge in [0.1, 0.15) is 0 Å². The van der Waals surface area contributed by atoms with E-state index in [-0.39, 0.29) is 11.5 Å². The molecule has 0 aliphatic heterocycles. The fourth-order valence-electron chi connectivity index (χ4n) is 1.50. The summed E-state index contributed by atoms with van der Waals surface area (Å²) in [5.74, 6) is -2.05. The van der Waals surface area contributed by atoms with Crippen LogP contribution in [0, 0.1) is 0 Å². The quantitative estimate of drug-likeness (QED) is 0.515. The minimum absolute atomic E-state index is 0.0586. The van der Waals surface area contributed by atoms with E-state index < -0.39 is 17.9 Å². The van der Waals surface area contributed by atoms with Crippen molar-refractivity contribution in [3.8, 4) is 11.5 Å². The first-order valence-electron chi connectivity index (χ1n) is 5.72.